The zero-order valence-electron chi connectivity index (χ0n) is 13.4. The zero-order valence-corrected chi connectivity index (χ0v) is 13.4. The summed E-state index contributed by atoms with van der Waals surface area (Å²) < 4.78 is 4.99. The number of hydrogen-bond donors (Lipinski definition) is 0. The van der Waals surface area contributed by atoms with Crippen LogP contribution in [0.2, 0.25) is 0 Å². The first-order valence-corrected chi connectivity index (χ1v) is 8.48. The van der Waals surface area contributed by atoms with Crippen LogP contribution in [0.5, 0.6) is 0 Å². The molecule has 0 saturated carbocycles. The highest BCUT2D eigenvalue weighted by atomic mass is 16.6. The molecule has 0 unspecified atom stereocenters. The molecule has 0 aliphatic carbocycles. The van der Waals surface area contributed by atoms with Gasteiger partial charge in [0.25, 0.3) is 0 Å². The van der Waals surface area contributed by atoms with Crippen LogP contribution in [0.15, 0.2) is 30.3 Å². The second-order valence-electron chi connectivity index (χ2n) is 6.40. The van der Waals surface area contributed by atoms with Gasteiger partial charge in [0, 0.05) is 25.2 Å². The third-order valence-corrected chi connectivity index (χ3v) is 4.94. The summed E-state index contributed by atoms with van der Waals surface area (Å²) in [6.07, 6.45) is 4.68. The van der Waals surface area contributed by atoms with E-state index in [4.69, 9.17) is 4.74 Å². The summed E-state index contributed by atoms with van der Waals surface area (Å²) in [5.74, 6) is 0. The van der Waals surface area contributed by atoms with Gasteiger partial charge in [-0.2, -0.15) is 0 Å². The number of nitrogens with zero attached hydrogens (tertiary/aromatic N) is 2. The van der Waals surface area contributed by atoms with Crippen LogP contribution in [0, 0.1) is 0 Å². The summed E-state index contributed by atoms with van der Waals surface area (Å²) in [7, 11) is 0. The highest BCUT2D eigenvalue weighted by molar-refractivity contribution is 5.69. The minimum absolute atomic E-state index is 0.147. The Morgan fingerprint density at radius 1 is 1.18 bits per heavy atom. The highest BCUT2D eigenvalue weighted by Gasteiger charge is 2.29. The summed E-state index contributed by atoms with van der Waals surface area (Å²) in [6.45, 7) is 5.48. The summed E-state index contributed by atoms with van der Waals surface area (Å²) >= 11 is 0. The van der Waals surface area contributed by atoms with Crippen molar-refractivity contribution in [1.82, 2.24) is 9.80 Å². The molecule has 2 saturated heterocycles. The smallest absolute Gasteiger partial charge is 0.409 e. The van der Waals surface area contributed by atoms with Crippen LogP contribution >= 0.6 is 0 Å². The van der Waals surface area contributed by atoms with Gasteiger partial charge in [-0.25, -0.2) is 4.79 Å². The molecule has 1 aromatic rings. The lowest BCUT2D eigenvalue weighted by Gasteiger charge is -2.41. The molecule has 2 aliphatic rings. The Labute approximate surface area is 133 Å². The number of likely N-dealkylation sites (tertiary alicyclic amines) is 1. The minimum Gasteiger partial charge on any atom is -0.448 e. The van der Waals surface area contributed by atoms with Gasteiger partial charge in [0.2, 0.25) is 0 Å². The predicted molar refractivity (Wildman–Crippen MR) is 86.7 cm³/mol. The lowest BCUT2D eigenvalue weighted by Crippen LogP contribution is -2.41. The van der Waals surface area contributed by atoms with Crippen molar-refractivity contribution < 1.29 is 9.53 Å². The number of amides is 1. The van der Waals surface area contributed by atoms with Crippen LogP contribution < -0.4 is 0 Å². The second kappa shape index (κ2) is 7.14. The van der Waals surface area contributed by atoms with Crippen molar-refractivity contribution in [3.63, 3.8) is 0 Å². The van der Waals surface area contributed by atoms with Gasteiger partial charge < -0.3 is 9.64 Å². The van der Waals surface area contributed by atoms with E-state index in [1.165, 1.54) is 24.8 Å². The number of benzene rings is 1. The molecule has 3 rings (SSSR count). The second-order valence-corrected chi connectivity index (χ2v) is 6.40. The molecular formula is C18H26N2O2. The fourth-order valence-corrected chi connectivity index (χ4v) is 3.73. The van der Waals surface area contributed by atoms with E-state index in [0.717, 1.165) is 26.1 Å². The van der Waals surface area contributed by atoms with E-state index in [-0.39, 0.29) is 6.09 Å². The number of piperidine rings is 1. The third-order valence-electron chi connectivity index (χ3n) is 4.94. The van der Waals surface area contributed by atoms with Crippen molar-refractivity contribution in [1.29, 1.82) is 0 Å². The number of hydrogen-bond acceptors (Lipinski definition) is 3. The van der Waals surface area contributed by atoms with Crippen LogP contribution in [-0.4, -0.2) is 48.2 Å². The monoisotopic (exact) mass is 302 g/mol. The zero-order chi connectivity index (χ0) is 15.4. The molecule has 2 fully saturated rings. The fourth-order valence-electron chi connectivity index (χ4n) is 3.73. The number of carbonyl (C=O) groups excluding carboxylic acids is 1. The average Bonchev–Trinajstić information content (AvgIpc) is 2.95. The van der Waals surface area contributed by atoms with E-state index in [1.807, 2.05) is 4.90 Å². The number of ether oxygens (including phenoxy) is 1. The van der Waals surface area contributed by atoms with E-state index in [0.29, 0.717) is 18.7 Å². The first-order chi connectivity index (χ1) is 10.8. The topological polar surface area (TPSA) is 32.8 Å². The first-order valence-electron chi connectivity index (χ1n) is 8.48. The van der Waals surface area contributed by atoms with Crippen molar-refractivity contribution in [2.45, 2.75) is 44.7 Å². The molecule has 2 heterocycles. The van der Waals surface area contributed by atoms with Gasteiger partial charge in [0.1, 0.15) is 6.61 Å². The quantitative estimate of drug-likeness (QED) is 0.835. The maximum absolute atomic E-state index is 11.5. The van der Waals surface area contributed by atoms with Crippen LogP contribution in [0.3, 0.4) is 0 Å². The van der Waals surface area contributed by atoms with E-state index in [9.17, 15) is 4.79 Å². The molecule has 2 atom stereocenters. The standard InChI is InChI=1S/C18H26N2O2/c1-15-7-5-10-17(16-8-3-2-4-9-16)20(15)12-6-11-19-13-14-22-18(19)21/h2-4,8-9,15,17H,5-7,10-14H2,1H3/t15-,17+/m0/s1. The molecule has 120 valence electrons. The van der Waals surface area contributed by atoms with Crippen molar-refractivity contribution in [3.8, 4) is 0 Å². The Morgan fingerprint density at radius 3 is 2.73 bits per heavy atom. The molecule has 0 N–H and O–H groups in total. The predicted octanol–water partition coefficient (Wildman–Crippen LogP) is 3.44. The largest absolute Gasteiger partial charge is 0.448 e. The summed E-state index contributed by atoms with van der Waals surface area (Å²) in [4.78, 5) is 15.9. The lowest BCUT2D eigenvalue weighted by molar-refractivity contribution is 0.0879. The van der Waals surface area contributed by atoms with E-state index >= 15 is 0 Å². The van der Waals surface area contributed by atoms with Gasteiger partial charge in [0.15, 0.2) is 0 Å². The van der Waals surface area contributed by atoms with Gasteiger partial charge in [-0.05, 0) is 31.7 Å². The third kappa shape index (κ3) is 3.43. The summed E-state index contributed by atoms with van der Waals surface area (Å²) in [6, 6.07) is 12.0. The highest BCUT2D eigenvalue weighted by Crippen LogP contribution is 2.34. The van der Waals surface area contributed by atoms with Crippen molar-refractivity contribution in [2.24, 2.45) is 0 Å². The minimum atomic E-state index is -0.147. The van der Waals surface area contributed by atoms with Crippen LogP contribution in [0.4, 0.5) is 4.79 Å². The molecule has 4 nitrogen and oxygen atoms in total. The van der Waals surface area contributed by atoms with Gasteiger partial charge >= 0.3 is 6.09 Å². The van der Waals surface area contributed by atoms with Crippen LogP contribution in [0.1, 0.15) is 44.2 Å². The van der Waals surface area contributed by atoms with Gasteiger partial charge in [-0.3, -0.25) is 4.90 Å². The molecule has 0 bridgehead atoms. The fraction of sp³-hybridized carbons (Fsp3) is 0.611. The van der Waals surface area contributed by atoms with Gasteiger partial charge in [-0.1, -0.05) is 36.8 Å². The maximum atomic E-state index is 11.5. The average molecular weight is 302 g/mol. The molecule has 0 radical (unpaired) electrons. The van der Waals surface area contributed by atoms with Crippen LogP contribution in [0.25, 0.3) is 0 Å². The molecular weight excluding hydrogens is 276 g/mol. The van der Waals surface area contributed by atoms with Crippen molar-refractivity contribution in [3.05, 3.63) is 35.9 Å². The Kier molecular flexibility index (Phi) is 4.98. The molecule has 0 spiro atoms. The summed E-state index contributed by atoms with van der Waals surface area (Å²) in [5.41, 5.74) is 1.43. The lowest BCUT2D eigenvalue weighted by atomic mass is 9.91. The van der Waals surface area contributed by atoms with Crippen molar-refractivity contribution in [2.75, 3.05) is 26.2 Å². The summed E-state index contributed by atoms with van der Waals surface area (Å²) in [5, 5.41) is 0. The molecule has 1 aromatic carbocycles. The normalized spacial score (nSPS) is 26.2. The number of cyclic esters (lactones) is 1. The van der Waals surface area contributed by atoms with Crippen molar-refractivity contribution >= 4 is 6.09 Å². The Balaban J connectivity index is 1.59. The number of rotatable bonds is 5. The van der Waals surface area contributed by atoms with E-state index < -0.39 is 0 Å². The first kappa shape index (κ1) is 15.3. The number of carbonyl (C=O) groups is 1. The van der Waals surface area contributed by atoms with Crippen LogP contribution in [-0.2, 0) is 4.74 Å². The van der Waals surface area contributed by atoms with Gasteiger partial charge in [0.05, 0.1) is 6.54 Å². The SMILES string of the molecule is C[C@H]1CCC[C@H](c2ccccc2)N1CCCN1CCOC1=O. The van der Waals surface area contributed by atoms with E-state index in [1.54, 1.807) is 0 Å². The maximum Gasteiger partial charge on any atom is 0.409 e. The van der Waals surface area contributed by atoms with Gasteiger partial charge in [-0.15, -0.1) is 0 Å². The molecule has 1 amide bonds. The molecule has 22 heavy (non-hydrogen) atoms. The Bertz CT molecular complexity index is 491. The van der Waals surface area contributed by atoms with E-state index in [2.05, 4.69) is 42.2 Å². The molecule has 0 aromatic heterocycles. The Morgan fingerprint density at radius 2 is 2.00 bits per heavy atom. The Hall–Kier alpha value is -1.55. The molecule has 4 heteroatoms. The molecule has 2 aliphatic heterocycles.